The van der Waals surface area contributed by atoms with Crippen molar-refractivity contribution in [2.75, 3.05) is 19.6 Å². The SMILES string of the molecule is Cc1cc(C)n2ncc(C(=O)NCC3=CCNCC3)c2n1. The van der Waals surface area contributed by atoms with Crippen LogP contribution in [-0.4, -0.2) is 40.1 Å². The van der Waals surface area contributed by atoms with Gasteiger partial charge in [0.1, 0.15) is 5.56 Å². The molecule has 1 amide bonds. The Labute approximate surface area is 123 Å². The van der Waals surface area contributed by atoms with Gasteiger partial charge in [-0.05, 0) is 32.9 Å². The van der Waals surface area contributed by atoms with Crippen LogP contribution in [0, 0.1) is 13.8 Å². The third-order valence-electron chi connectivity index (χ3n) is 3.66. The standard InChI is InChI=1S/C15H19N5O/c1-10-7-11(2)20-14(19-10)13(9-18-20)15(21)17-8-12-3-5-16-6-4-12/h3,7,9,16H,4-6,8H2,1-2H3,(H,17,21). The lowest BCUT2D eigenvalue weighted by molar-refractivity contribution is 0.0958. The number of aromatic nitrogens is 3. The number of carbonyl (C=O) groups excluding carboxylic acids is 1. The van der Waals surface area contributed by atoms with E-state index in [-0.39, 0.29) is 5.91 Å². The zero-order valence-corrected chi connectivity index (χ0v) is 12.3. The summed E-state index contributed by atoms with van der Waals surface area (Å²) >= 11 is 0. The van der Waals surface area contributed by atoms with Crippen LogP contribution in [0.15, 0.2) is 23.9 Å². The van der Waals surface area contributed by atoms with Gasteiger partial charge in [-0.15, -0.1) is 0 Å². The maximum absolute atomic E-state index is 12.3. The Kier molecular flexibility index (Phi) is 3.70. The second-order valence-electron chi connectivity index (χ2n) is 5.33. The van der Waals surface area contributed by atoms with Crippen LogP contribution in [0.5, 0.6) is 0 Å². The minimum atomic E-state index is -0.123. The van der Waals surface area contributed by atoms with Crippen LogP contribution in [-0.2, 0) is 0 Å². The van der Waals surface area contributed by atoms with E-state index in [0.29, 0.717) is 17.8 Å². The first-order chi connectivity index (χ1) is 10.1. The van der Waals surface area contributed by atoms with Crippen LogP contribution >= 0.6 is 0 Å². The molecule has 6 heteroatoms. The molecule has 3 rings (SSSR count). The molecule has 1 aliphatic heterocycles. The quantitative estimate of drug-likeness (QED) is 0.825. The largest absolute Gasteiger partial charge is 0.348 e. The van der Waals surface area contributed by atoms with Gasteiger partial charge in [0.15, 0.2) is 5.65 Å². The first-order valence-electron chi connectivity index (χ1n) is 7.14. The molecule has 0 bridgehead atoms. The van der Waals surface area contributed by atoms with Crippen LogP contribution in [0.1, 0.15) is 28.2 Å². The van der Waals surface area contributed by atoms with Gasteiger partial charge in [0.05, 0.1) is 6.20 Å². The third-order valence-corrected chi connectivity index (χ3v) is 3.66. The number of nitrogens with zero attached hydrogens (tertiary/aromatic N) is 3. The number of fused-ring (bicyclic) bond motifs is 1. The van der Waals surface area contributed by atoms with Crippen molar-refractivity contribution in [1.82, 2.24) is 25.2 Å². The normalized spacial score (nSPS) is 15.0. The van der Waals surface area contributed by atoms with Gasteiger partial charge in [-0.1, -0.05) is 11.6 Å². The second kappa shape index (κ2) is 5.65. The monoisotopic (exact) mass is 285 g/mol. The Morgan fingerprint density at radius 3 is 3.10 bits per heavy atom. The Hall–Kier alpha value is -2.21. The number of nitrogens with one attached hydrogen (secondary N) is 2. The summed E-state index contributed by atoms with van der Waals surface area (Å²) in [5.74, 6) is -0.123. The first kappa shape index (κ1) is 13.8. The molecule has 0 fully saturated rings. The summed E-state index contributed by atoms with van der Waals surface area (Å²) in [5.41, 5.74) is 4.26. The highest BCUT2D eigenvalue weighted by atomic mass is 16.1. The second-order valence-corrected chi connectivity index (χ2v) is 5.33. The molecule has 0 atom stereocenters. The van der Waals surface area contributed by atoms with Crippen molar-refractivity contribution in [3.63, 3.8) is 0 Å². The highest BCUT2D eigenvalue weighted by Crippen LogP contribution is 2.12. The van der Waals surface area contributed by atoms with Crippen molar-refractivity contribution < 1.29 is 4.79 Å². The van der Waals surface area contributed by atoms with Gasteiger partial charge in [-0.2, -0.15) is 5.10 Å². The zero-order valence-electron chi connectivity index (χ0n) is 12.3. The van der Waals surface area contributed by atoms with Gasteiger partial charge in [-0.25, -0.2) is 9.50 Å². The third kappa shape index (κ3) is 2.80. The summed E-state index contributed by atoms with van der Waals surface area (Å²) in [6.07, 6.45) is 4.69. The average molecular weight is 285 g/mol. The van der Waals surface area contributed by atoms with Crippen molar-refractivity contribution in [2.24, 2.45) is 0 Å². The molecule has 21 heavy (non-hydrogen) atoms. The average Bonchev–Trinajstić information content (AvgIpc) is 2.90. The van der Waals surface area contributed by atoms with Gasteiger partial charge >= 0.3 is 0 Å². The van der Waals surface area contributed by atoms with E-state index in [1.165, 1.54) is 5.57 Å². The molecular formula is C15H19N5O. The summed E-state index contributed by atoms with van der Waals surface area (Å²) in [5, 5.41) is 10.5. The van der Waals surface area contributed by atoms with Crippen molar-refractivity contribution in [3.8, 4) is 0 Å². The minimum Gasteiger partial charge on any atom is -0.348 e. The lowest BCUT2D eigenvalue weighted by Gasteiger charge is -2.14. The first-order valence-corrected chi connectivity index (χ1v) is 7.14. The van der Waals surface area contributed by atoms with E-state index in [4.69, 9.17) is 0 Å². The predicted octanol–water partition coefficient (Wildman–Crippen LogP) is 0.996. The molecule has 0 radical (unpaired) electrons. The number of hydrogen-bond donors (Lipinski definition) is 2. The zero-order chi connectivity index (χ0) is 14.8. The summed E-state index contributed by atoms with van der Waals surface area (Å²) < 4.78 is 1.70. The lowest BCUT2D eigenvalue weighted by atomic mass is 10.1. The number of rotatable bonds is 3. The van der Waals surface area contributed by atoms with Gasteiger partial charge in [0, 0.05) is 24.5 Å². The molecular weight excluding hydrogens is 266 g/mol. The Balaban J connectivity index is 1.80. The van der Waals surface area contributed by atoms with Crippen LogP contribution in [0.4, 0.5) is 0 Å². The van der Waals surface area contributed by atoms with Crippen molar-refractivity contribution in [1.29, 1.82) is 0 Å². The van der Waals surface area contributed by atoms with Crippen LogP contribution in [0.25, 0.3) is 5.65 Å². The molecule has 3 heterocycles. The molecule has 2 aromatic rings. The van der Waals surface area contributed by atoms with Gasteiger partial charge < -0.3 is 10.6 Å². The minimum absolute atomic E-state index is 0.123. The fraction of sp³-hybridized carbons (Fsp3) is 0.400. The number of aryl methyl sites for hydroxylation is 2. The molecule has 6 nitrogen and oxygen atoms in total. The molecule has 2 N–H and O–H groups in total. The molecule has 0 aliphatic carbocycles. The highest BCUT2D eigenvalue weighted by Gasteiger charge is 2.15. The maximum Gasteiger partial charge on any atom is 0.257 e. The fourth-order valence-corrected chi connectivity index (χ4v) is 2.55. The number of carbonyl (C=O) groups is 1. The summed E-state index contributed by atoms with van der Waals surface area (Å²) in [6, 6.07) is 1.95. The van der Waals surface area contributed by atoms with E-state index in [9.17, 15) is 4.79 Å². The van der Waals surface area contributed by atoms with Gasteiger partial charge in [0.25, 0.3) is 5.91 Å². The van der Waals surface area contributed by atoms with E-state index in [2.05, 4.69) is 26.8 Å². The molecule has 0 spiro atoms. The highest BCUT2D eigenvalue weighted by molar-refractivity contribution is 5.99. The molecule has 1 aliphatic rings. The predicted molar refractivity (Wildman–Crippen MR) is 80.4 cm³/mol. The van der Waals surface area contributed by atoms with Crippen LogP contribution in [0.3, 0.4) is 0 Å². The molecule has 0 saturated carbocycles. The summed E-state index contributed by atoms with van der Waals surface area (Å²) in [4.78, 5) is 16.8. The molecule has 0 unspecified atom stereocenters. The van der Waals surface area contributed by atoms with Gasteiger partial charge in [0.2, 0.25) is 0 Å². The Morgan fingerprint density at radius 1 is 1.48 bits per heavy atom. The smallest absolute Gasteiger partial charge is 0.257 e. The van der Waals surface area contributed by atoms with Crippen molar-refractivity contribution >= 4 is 11.6 Å². The van der Waals surface area contributed by atoms with Crippen molar-refractivity contribution in [3.05, 3.63) is 40.9 Å². The van der Waals surface area contributed by atoms with E-state index >= 15 is 0 Å². The molecule has 110 valence electrons. The van der Waals surface area contributed by atoms with Gasteiger partial charge in [-0.3, -0.25) is 4.79 Å². The molecule has 2 aromatic heterocycles. The summed E-state index contributed by atoms with van der Waals surface area (Å²) in [7, 11) is 0. The fourth-order valence-electron chi connectivity index (χ4n) is 2.55. The van der Waals surface area contributed by atoms with E-state index in [1.807, 2.05) is 19.9 Å². The summed E-state index contributed by atoms with van der Waals surface area (Å²) in [6.45, 7) is 6.31. The number of amides is 1. The lowest BCUT2D eigenvalue weighted by Crippen LogP contribution is -2.29. The Morgan fingerprint density at radius 2 is 2.33 bits per heavy atom. The van der Waals surface area contributed by atoms with E-state index < -0.39 is 0 Å². The van der Waals surface area contributed by atoms with E-state index in [0.717, 1.165) is 30.9 Å². The molecule has 0 aromatic carbocycles. The van der Waals surface area contributed by atoms with E-state index in [1.54, 1.807) is 10.7 Å². The Bertz CT molecular complexity index is 716. The molecule has 0 saturated heterocycles. The van der Waals surface area contributed by atoms with Crippen molar-refractivity contribution in [2.45, 2.75) is 20.3 Å². The topological polar surface area (TPSA) is 71.3 Å². The number of hydrogen-bond acceptors (Lipinski definition) is 4. The maximum atomic E-state index is 12.3. The van der Waals surface area contributed by atoms with Crippen LogP contribution in [0.2, 0.25) is 0 Å². The van der Waals surface area contributed by atoms with Crippen LogP contribution < -0.4 is 10.6 Å².